The molecule has 1 heterocycles. The number of aryl methyl sites for hydroxylation is 1. The van der Waals surface area contributed by atoms with Gasteiger partial charge in [-0.05, 0) is 19.4 Å². The molecule has 1 aromatic rings. The Bertz CT molecular complexity index is 546. The van der Waals surface area contributed by atoms with Crippen molar-refractivity contribution in [3.8, 4) is 6.01 Å². The van der Waals surface area contributed by atoms with E-state index in [1.165, 1.54) is 13.1 Å². The van der Waals surface area contributed by atoms with Crippen molar-refractivity contribution in [2.45, 2.75) is 20.3 Å². The molecule has 0 unspecified atom stereocenters. The highest BCUT2D eigenvalue weighted by atomic mass is 19.3. The standard InChI is InChI=1S/C14H18F2N2O4/c1-9(12(15)16)4-5-21-13(19)11-8-17-14(18-10(11)2)22-7-6-20-3/h8H,4-7H2,1-3H3. The molecule has 0 N–H and O–H groups in total. The summed E-state index contributed by atoms with van der Waals surface area (Å²) in [6, 6.07) is 0.129. The predicted molar refractivity (Wildman–Crippen MR) is 74.0 cm³/mol. The molecule has 0 atom stereocenters. The maximum Gasteiger partial charge on any atom is 0.341 e. The Morgan fingerprint density at radius 2 is 2.00 bits per heavy atom. The van der Waals surface area contributed by atoms with E-state index in [9.17, 15) is 13.6 Å². The van der Waals surface area contributed by atoms with Crippen LogP contribution in [0.2, 0.25) is 0 Å². The SMILES string of the molecule is COCCOc1ncc(C(=O)OCCC(C)=C(F)F)c(C)n1. The highest BCUT2D eigenvalue weighted by Gasteiger charge is 2.14. The first kappa shape index (κ1) is 18.0. The van der Waals surface area contributed by atoms with Gasteiger partial charge in [0.2, 0.25) is 0 Å². The molecular weight excluding hydrogens is 298 g/mol. The zero-order chi connectivity index (χ0) is 16.5. The van der Waals surface area contributed by atoms with Gasteiger partial charge in [-0.25, -0.2) is 9.78 Å². The molecule has 1 rings (SSSR count). The molecule has 1 aromatic heterocycles. The molecule has 122 valence electrons. The molecule has 0 spiro atoms. The monoisotopic (exact) mass is 316 g/mol. The van der Waals surface area contributed by atoms with E-state index in [1.54, 1.807) is 14.0 Å². The van der Waals surface area contributed by atoms with E-state index < -0.39 is 12.0 Å². The number of rotatable bonds is 8. The summed E-state index contributed by atoms with van der Waals surface area (Å²) >= 11 is 0. The van der Waals surface area contributed by atoms with E-state index in [4.69, 9.17) is 14.2 Å². The van der Waals surface area contributed by atoms with Gasteiger partial charge >= 0.3 is 12.0 Å². The molecule has 0 amide bonds. The van der Waals surface area contributed by atoms with Crippen LogP contribution in [0.3, 0.4) is 0 Å². The number of methoxy groups -OCH3 is 1. The lowest BCUT2D eigenvalue weighted by atomic mass is 10.2. The Morgan fingerprint density at radius 3 is 2.59 bits per heavy atom. The highest BCUT2D eigenvalue weighted by molar-refractivity contribution is 5.90. The third-order valence-electron chi connectivity index (χ3n) is 2.73. The maximum atomic E-state index is 12.2. The van der Waals surface area contributed by atoms with Crippen molar-refractivity contribution in [3.63, 3.8) is 0 Å². The minimum absolute atomic E-state index is 0.0216. The molecule has 6 nitrogen and oxygen atoms in total. The van der Waals surface area contributed by atoms with Crippen molar-refractivity contribution in [1.82, 2.24) is 9.97 Å². The first-order chi connectivity index (χ1) is 10.5. The third-order valence-corrected chi connectivity index (χ3v) is 2.73. The average Bonchev–Trinajstić information content (AvgIpc) is 2.47. The zero-order valence-corrected chi connectivity index (χ0v) is 12.7. The Hall–Kier alpha value is -2.09. The molecule has 0 aromatic carbocycles. The van der Waals surface area contributed by atoms with E-state index in [1.807, 2.05) is 0 Å². The summed E-state index contributed by atoms with van der Waals surface area (Å²) < 4.78 is 39.4. The van der Waals surface area contributed by atoms with Crippen LogP contribution in [-0.2, 0) is 9.47 Å². The van der Waals surface area contributed by atoms with E-state index in [0.29, 0.717) is 18.9 Å². The van der Waals surface area contributed by atoms with Gasteiger partial charge in [-0.15, -0.1) is 0 Å². The van der Waals surface area contributed by atoms with Crippen molar-refractivity contribution < 1.29 is 27.8 Å². The van der Waals surface area contributed by atoms with Crippen LogP contribution in [0.25, 0.3) is 0 Å². The second-order valence-electron chi connectivity index (χ2n) is 4.42. The van der Waals surface area contributed by atoms with E-state index in [-0.39, 0.29) is 30.2 Å². The van der Waals surface area contributed by atoms with E-state index >= 15 is 0 Å². The van der Waals surface area contributed by atoms with Crippen molar-refractivity contribution in [2.75, 3.05) is 26.9 Å². The maximum absolute atomic E-state index is 12.2. The van der Waals surface area contributed by atoms with Crippen molar-refractivity contribution in [3.05, 3.63) is 29.1 Å². The molecule has 0 fully saturated rings. The Balaban J connectivity index is 2.57. The zero-order valence-electron chi connectivity index (χ0n) is 12.7. The van der Waals surface area contributed by atoms with Gasteiger partial charge in [0.15, 0.2) is 0 Å². The lowest BCUT2D eigenvalue weighted by Crippen LogP contribution is -2.12. The fourth-order valence-corrected chi connectivity index (χ4v) is 1.40. The molecule has 8 heteroatoms. The Morgan fingerprint density at radius 1 is 1.27 bits per heavy atom. The van der Waals surface area contributed by atoms with Gasteiger partial charge in [0, 0.05) is 19.7 Å². The number of hydrogen-bond acceptors (Lipinski definition) is 6. The summed E-state index contributed by atoms with van der Waals surface area (Å²) in [6.45, 7) is 3.44. The Kier molecular flexibility index (Phi) is 7.38. The lowest BCUT2D eigenvalue weighted by molar-refractivity contribution is 0.0505. The van der Waals surface area contributed by atoms with E-state index in [0.717, 1.165) is 0 Å². The number of esters is 1. The second kappa shape index (κ2) is 9.04. The number of carbonyl (C=O) groups is 1. The quantitative estimate of drug-likeness (QED) is 0.542. The minimum Gasteiger partial charge on any atom is -0.462 e. The van der Waals surface area contributed by atoms with Gasteiger partial charge in [-0.1, -0.05) is 0 Å². The van der Waals surface area contributed by atoms with Crippen LogP contribution in [0.5, 0.6) is 6.01 Å². The predicted octanol–water partition coefficient (Wildman–Crippen LogP) is 2.53. The van der Waals surface area contributed by atoms with Crippen molar-refractivity contribution in [2.24, 2.45) is 0 Å². The number of hydrogen-bond donors (Lipinski definition) is 0. The molecule has 0 radical (unpaired) electrons. The summed E-state index contributed by atoms with van der Waals surface area (Å²) in [6.07, 6.45) is -0.495. The highest BCUT2D eigenvalue weighted by Crippen LogP contribution is 2.13. The first-order valence-corrected chi connectivity index (χ1v) is 6.59. The number of ether oxygens (including phenoxy) is 3. The third kappa shape index (κ3) is 5.72. The molecule has 22 heavy (non-hydrogen) atoms. The van der Waals surface area contributed by atoms with Crippen LogP contribution >= 0.6 is 0 Å². The lowest BCUT2D eigenvalue weighted by Gasteiger charge is -2.08. The number of nitrogens with zero attached hydrogens (tertiary/aromatic N) is 2. The van der Waals surface area contributed by atoms with Crippen LogP contribution < -0.4 is 4.74 Å². The Labute approximate surface area is 127 Å². The molecular formula is C14H18F2N2O4. The van der Waals surface area contributed by atoms with Gasteiger partial charge in [0.05, 0.1) is 24.5 Å². The molecule has 0 bridgehead atoms. The van der Waals surface area contributed by atoms with Crippen LogP contribution in [0, 0.1) is 6.92 Å². The largest absolute Gasteiger partial charge is 0.462 e. The normalized spacial score (nSPS) is 10.2. The summed E-state index contributed by atoms with van der Waals surface area (Å²) in [7, 11) is 1.54. The molecule has 0 saturated carbocycles. The van der Waals surface area contributed by atoms with Gasteiger partial charge < -0.3 is 14.2 Å². The van der Waals surface area contributed by atoms with Gasteiger partial charge in [-0.2, -0.15) is 13.8 Å². The smallest absolute Gasteiger partial charge is 0.341 e. The first-order valence-electron chi connectivity index (χ1n) is 6.59. The minimum atomic E-state index is -1.76. The molecule has 0 aliphatic carbocycles. The fraction of sp³-hybridized carbons (Fsp3) is 0.500. The topological polar surface area (TPSA) is 70.5 Å². The molecule has 0 aliphatic heterocycles. The molecule has 0 aliphatic rings. The summed E-state index contributed by atoms with van der Waals surface area (Å²) in [5.41, 5.74) is 0.445. The second-order valence-corrected chi connectivity index (χ2v) is 4.42. The van der Waals surface area contributed by atoms with Gasteiger partial charge in [-0.3, -0.25) is 0 Å². The number of carbonyl (C=O) groups excluding carboxylic acids is 1. The van der Waals surface area contributed by atoms with Crippen molar-refractivity contribution >= 4 is 5.97 Å². The van der Waals surface area contributed by atoms with Gasteiger partial charge in [0.1, 0.15) is 6.61 Å². The fourth-order valence-electron chi connectivity index (χ4n) is 1.40. The van der Waals surface area contributed by atoms with Crippen LogP contribution in [0.15, 0.2) is 17.9 Å². The van der Waals surface area contributed by atoms with Crippen LogP contribution in [-0.4, -0.2) is 42.9 Å². The van der Waals surface area contributed by atoms with E-state index in [2.05, 4.69) is 9.97 Å². The van der Waals surface area contributed by atoms with Crippen molar-refractivity contribution in [1.29, 1.82) is 0 Å². The summed E-state index contributed by atoms with van der Waals surface area (Å²) in [5.74, 6) is -0.659. The average molecular weight is 316 g/mol. The van der Waals surface area contributed by atoms with Crippen LogP contribution in [0.4, 0.5) is 8.78 Å². The van der Waals surface area contributed by atoms with Crippen LogP contribution in [0.1, 0.15) is 29.4 Å². The summed E-state index contributed by atoms with van der Waals surface area (Å²) in [5, 5.41) is 0. The summed E-state index contributed by atoms with van der Waals surface area (Å²) in [4.78, 5) is 19.7. The number of halogens is 2. The molecule has 0 saturated heterocycles. The number of aromatic nitrogens is 2. The van der Waals surface area contributed by atoms with Gasteiger partial charge in [0.25, 0.3) is 6.08 Å².